The van der Waals surface area contributed by atoms with Crippen LogP contribution < -0.4 is 5.32 Å². The van der Waals surface area contributed by atoms with E-state index in [1.807, 2.05) is 11.0 Å². The fourth-order valence-corrected chi connectivity index (χ4v) is 1.89. The molecule has 0 aliphatic heterocycles. The van der Waals surface area contributed by atoms with Crippen LogP contribution in [0.3, 0.4) is 0 Å². The molecule has 2 aromatic rings. The molecular weight excluding hydrogens is 224 g/mol. The van der Waals surface area contributed by atoms with Gasteiger partial charge in [0.1, 0.15) is 6.33 Å². The fraction of sp³-hybridized carbons (Fsp3) is 0.429. The van der Waals surface area contributed by atoms with Gasteiger partial charge in [-0.15, -0.1) is 0 Å². The molecule has 4 nitrogen and oxygen atoms in total. The van der Waals surface area contributed by atoms with E-state index in [1.54, 1.807) is 0 Å². The molecule has 1 heterocycles. The predicted octanol–water partition coefficient (Wildman–Crippen LogP) is 1.89. The van der Waals surface area contributed by atoms with E-state index >= 15 is 0 Å². The Morgan fingerprint density at radius 3 is 2.78 bits per heavy atom. The van der Waals surface area contributed by atoms with Gasteiger partial charge in [0, 0.05) is 6.04 Å². The Hall–Kier alpha value is -1.68. The van der Waals surface area contributed by atoms with Gasteiger partial charge in [-0.3, -0.25) is 0 Å². The summed E-state index contributed by atoms with van der Waals surface area (Å²) >= 11 is 0. The molecule has 94 valence electrons. The summed E-state index contributed by atoms with van der Waals surface area (Å²) < 4.78 is 1.90. The van der Waals surface area contributed by atoms with Crippen molar-refractivity contribution in [3.63, 3.8) is 0 Å². The lowest BCUT2D eigenvalue weighted by Crippen LogP contribution is -2.16. The number of hydrogen-bond donors (Lipinski definition) is 1. The van der Waals surface area contributed by atoms with Crippen molar-refractivity contribution in [1.82, 2.24) is 20.1 Å². The van der Waals surface area contributed by atoms with E-state index in [1.165, 1.54) is 24.0 Å². The standard InChI is InChI=1S/C14H18N4/c1-11-2-4-12(5-3-11)9-18-10-16-14(17-18)8-15-13-6-7-13/h2-5,10,13,15H,6-9H2,1H3. The Morgan fingerprint density at radius 2 is 2.06 bits per heavy atom. The molecule has 0 radical (unpaired) electrons. The van der Waals surface area contributed by atoms with Crippen molar-refractivity contribution < 1.29 is 0 Å². The van der Waals surface area contributed by atoms with Crippen LogP contribution in [0, 0.1) is 6.92 Å². The molecule has 1 fully saturated rings. The number of nitrogens with one attached hydrogen (secondary N) is 1. The third-order valence-electron chi connectivity index (χ3n) is 3.18. The number of hydrogen-bond acceptors (Lipinski definition) is 3. The number of nitrogens with zero attached hydrogens (tertiary/aromatic N) is 3. The van der Waals surface area contributed by atoms with Gasteiger partial charge in [0.2, 0.25) is 0 Å². The van der Waals surface area contributed by atoms with Crippen LogP contribution in [0.2, 0.25) is 0 Å². The molecule has 1 saturated carbocycles. The van der Waals surface area contributed by atoms with Crippen molar-refractivity contribution in [2.45, 2.75) is 38.9 Å². The summed E-state index contributed by atoms with van der Waals surface area (Å²) in [6.45, 7) is 3.67. The van der Waals surface area contributed by atoms with E-state index in [9.17, 15) is 0 Å². The average molecular weight is 242 g/mol. The van der Waals surface area contributed by atoms with Crippen LogP contribution >= 0.6 is 0 Å². The van der Waals surface area contributed by atoms with Crippen molar-refractivity contribution >= 4 is 0 Å². The van der Waals surface area contributed by atoms with Crippen LogP contribution in [-0.4, -0.2) is 20.8 Å². The van der Waals surface area contributed by atoms with Gasteiger partial charge >= 0.3 is 0 Å². The SMILES string of the molecule is Cc1ccc(Cn2cnc(CNC3CC3)n2)cc1. The van der Waals surface area contributed by atoms with E-state index in [0.717, 1.165) is 18.9 Å². The molecule has 0 unspecified atom stereocenters. The number of rotatable bonds is 5. The van der Waals surface area contributed by atoms with E-state index in [2.05, 4.69) is 46.6 Å². The smallest absolute Gasteiger partial charge is 0.164 e. The van der Waals surface area contributed by atoms with Crippen molar-refractivity contribution in [3.05, 3.63) is 47.5 Å². The first-order valence-electron chi connectivity index (χ1n) is 6.47. The van der Waals surface area contributed by atoms with Crippen molar-refractivity contribution in [2.24, 2.45) is 0 Å². The minimum atomic E-state index is 0.703. The molecule has 1 aliphatic carbocycles. The molecule has 1 aliphatic rings. The fourth-order valence-electron chi connectivity index (χ4n) is 1.89. The maximum Gasteiger partial charge on any atom is 0.164 e. The van der Waals surface area contributed by atoms with Gasteiger partial charge in [0.25, 0.3) is 0 Å². The molecule has 4 heteroatoms. The zero-order chi connectivity index (χ0) is 12.4. The molecule has 0 atom stereocenters. The summed E-state index contributed by atoms with van der Waals surface area (Å²) in [7, 11) is 0. The zero-order valence-electron chi connectivity index (χ0n) is 10.6. The van der Waals surface area contributed by atoms with Crippen LogP contribution in [0.4, 0.5) is 0 Å². The van der Waals surface area contributed by atoms with Gasteiger partial charge in [0.15, 0.2) is 5.82 Å². The Labute approximate surface area is 107 Å². The van der Waals surface area contributed by atoms with Crippen molar-refractivity contribution in [2.75, 3.05) is 0 Å². The topological polar surface area (TPSA) is 42.7 Å². The number of aromatic nitrogens is 3. The van der Waals surface area contributed by atoms with Crippen LogP contribution in [0.15, 0.2) is 30.6 Å². The minimum absolute atomic E-state index is 0.703. The maximum absolute atomic E-state index is 4.47. The Bertz CT molecular complexity index is 511. The normalized spacial score (nSPS) is 14.9. The molecule has 0 bridgehead atoms. The average Bonchev–Trinajstić information content (AvgIpc) is 3.10. The van der Waals surface area contributed by atoms with Gasteiger partial charge in [-0.05, 0) is 25.3 Å². The third-order valence-corrected chi connectivity index (χ3v) is 3.18. The summed E-state index contributed by atoms with van der Waals surface area (Å²) in [6.07, 6.45) is 4.40. The highest BCUT2D eigenvalue weighted by Gasteiger charge is 2.20. The summed E-state index contributed by atoms with van der Waals surface area (Å²) in [6, 6.07) is 9.23. The second-order valence-electron chi connectivity index (χ2n) is 5.00. The quantitative estimate of drug-likeness (QED) is 0.870. The second-order valence-corrected chi connectivity index (χ2v) is 5.00. The highest BCUT2D eigenvalue weighted by Crippen LogP contribution is 2.18. The first-order chi connectivity index (χ1) is 8.79. The summed E-state index contributed by atoms with van der Waals surface area (Å²) in [4.78, 5) is 4.32. The minimum Gasteiger partial charge on any atom is -0.307 e. The molecule has 3 rings (SSSR count). The van der Waals surface area contributed by atoms with E-state index in [0.29, 0.717) is 6.04 Å². The van der Waals surface area contributed by atoms with E-state index in [4.69, 9.17) is 0 Å². The largest absolute Gasteiger partial charge is 0.307 e. The van der Waals surface area contributed by atoms with Crippen molar-refractivity contribution in [1.29, 1.82) is 0 Å². The zero-order valence-corrected chi connectivity index (χ0v) is 10.6. The Kier molecular flexibility index (Phi) is 3.11. The van der Waals surface area contributed by atoms with Gasteiger partial charge in [-0.2, -0.15) is 5.10 Å². The summed E-state index contributed by atoms with van der Waals surface area (Å²) in [5.41, 5.74) is 2.54. The Balaban J connectivity index is 1.60. The van der Waals surface area contributed by atoms with E-state index < -0.39 is 0 Å². The lowest BCUT2D eigenvalue weighted by atomic mass is 10.1. The Morgan fingerprint density at radius 1 is 1.28 bits per heavy atom. The molecule has 1 aromatic heterocycles. The monoisotopic (exact) mass is 242 g/mol. The first kappa shape index (κ1) is 11.4. The van der Waals surface area contributed by atoms with Crippen molar-refractivity contribution in [3.8, 4) is 0 Å². The molecule has 1 aromatic carbocycles. The predicted molar refractivity (Wildman–Crippen MR) is 70.2 cm³/mol. The molecular formula is C14H18N4. The van der Waals surface area contributed by atoms with Gasteiger partial charge in [0.05, 0.1) is 13.1 Å². The lowest BCUT2D eigenvalue weighted by molar-refractivity contribution is 0.628. The number of benzene rings is 1. The van der Waals surface area contributed by atoms with Crippen LogP contribution in [0.25, 0.3) is 0 Å². The molecule has 1 N–H and O–H groups in total. The third kappa shape index (κ3) is 2.96. The highest BCUT2D eigenvalue weighted by atomic mass is 15.3. The summed E-state index contributed by atoms with van der Waals surface area (Å²) in [5, 5.41) is 7.89. The van der Waals surface area contributed by atoms with Crippen LogP contribution in [0.1, 0.15) is 29.8 Å². The van der Waals surface area contributed by atoms with Gasteiger partial charge in [-0.25, -0.2) is 9.67 Å². The lowest BCUT2D eigenvalue weighted by Gasteiger charge is -2.01. The summed E-state index contributed by atoms with van der Waals surface area (Å²) in [5.74, 6) is 0.883. The first-order valence-corrected chi connectivity index (χ1v) is 6.47. The molecule has 0 amide bonds. The number of aryl methyl sites for hydroxylation is 1. The highest BCUT2D eigenvalue weighted by molar-refractivity contribution is 5.21. The molecule has 18 heavy (non-hydrogen) atoms. The van der Waals surface area contributed by atoms with Gasteiger partial charge < -0.3 is 5.32 Å². The second kappa shape index (κ2) is 4.90. The van der Waals surface area contributed by atoms with E-state index in [-0.39, 0.29) is 0 Å². The maximum atomic E-state index is 4.47. The van der Waals surface area contributed by atoms with Crippen LogP contribution in [-0.2, 0) is 13.1 Å². The van der Waals surface area contributed by atoms with Gasteiger partial charge in [-0.1, -0.05) is 29.8 Å². The van der Waals surface area contributed by atoms with Crippen LogP contribution in [0.5, 0.6) is 0 Å². The molecule has 0 saturated heterocycles. The molecule has 0 spiro atoms.